The van der Waals surface area contributed by atoms with Crippen LogP contribution < -0.4 is 0 Å². The Labute approximate surface area is 98.6 Å². The molecule has 1 fully saturated rings. The molecule has 0 aromatic carbocycles. The minimum absolute atomic E-state index is 0.00164. The molecular weight excluding hydrogens is 226 g/mol. The van der Waals surface area contributed by atoms with Gasteiger partial charge in [-0.05, 0) is 32.3 Å². The third-order valence-corrected chi connectivity index (χ3v) is 3.08. The highest BCUT2D eigenvalue weighted by Gasteiger charge is 2.34. The number of hydrogen-bond donors (Lipinski definition) is 0. The summed E-state index contributed by atoms with van der Waals surface area (Å²) in [6, 6.07) is 0. The van der Waals surface area contributed by atoms with Crippen LogP contribution in [-0.4, -0.2) is 45.2 Å². The van der Waals surface area contributed by atoms with Crippen LogP contribution in [0.4, 0.5) is 0 Å². The lowest BCUT2D eigenvalue weighted by molar-refractivity contribution is -0.118. The molecular formula is C10H15N3O2S. The monoisotopic (exact) mass is 241 g/mol. The highest BCUT2D eigenvalue weighted by Crippen LogP contribution is 2.22. The number of carbonyl (C=O) groups is 1. The zero-order valence-electron chi connectivity index (χ0n) is 9.64. The minimum Gasteiger partial charge on any atom is -0.369 e. The highest BCUT2D eigenvalue weighted by atomic mass is 32.1. The largest absolute Gasteiger partial charge is 0.369 e. The fraction of sp³-hybridized carbons (Fsp3) is 0.700. The van der Waals surface area contributed by atoms with Crippen molar-refractivity contribution in [2.45, 2.75) is 32.5 Å². The van der Waals surface area contributed by atoms with E-state index in [-0.39, 0.29) is 17.6 Å². The normalized spacial score (nSPS) is 24.4. The Morgan fingerprint density at radius 2 is 2.44 bits per heavy atom. The van der Waals surface area contributed by atoms with Gasteiger partial charge < -0.3 is 9.64 Å². The smallest absolute Gasteiger partial charge is 0.267 e. The SMILES string of the molecule is CC1CN(C(=O)c2cnns2)CC(C)(C)O1. The lowest BCUT2D eigenvalue weighted by Crippen LogP contribution is -2.53. The Bertz CT molecular complexity index is 377. The van der Waals surface area contributed by atoms with Crippen LogP contribution >= 0.6 is 11.5 Å². The van der Waals surface area contributed by atoms with Gasteiger partial charge in [0, 0.05) is 13.1 Å². The van der Waals surface area contributed by atoms with Gasteiger partial charge >= 0.3 is 0 Å². The molecule has 0 N–H and O–H groups in total. The average Bonchev–Trinajstić information content (AvgIpc) is 2.65. The third kappa shape index (κ3) is 2.38. The molecule has 1 aromatic rings. The molecule has 1 aliphatic rings. The molecule has 0 spiro atoms. The standard InChI is InChI=1S/C10H15N3O2S/c1-7-5-13(6-10(2,3)15-7)9(14)8-4-11-12-16-8/h4,7H,5-6H2,1-3H3. The molecule has 0 saturated carbocycles. The molecule has 6 heteroatoms. The van der Waals surface area contributed by atoms with Crippen LogP contribution in [0.2, 0.25) is 0 Å². The van der Waals surface area contributed by atoms with E-state index in [0.717, 1.165) is 11.5 Å². The topological polar surface area (TPSA) is 55.3 Å². The quantitative estimate of drug-likeness (QED) is 0.741. The van der Waals surface area contributed by atoms with E-state index in [4.69, 9.17) is 4.74 Å². The summed E-state index contributed by atoms with van der Waals surface area (Å²) in [6.45, 7) is 7.20. The molecule has 0 bridgehead atoms. The fourth-order valence-corrected chi connectivity index (χ4v) is 2.51. The molecule has 1 unspecified atom stereocenters. The predicted molar refractivity (Wildman–Crippen MR) is 60.4 cm³/mol. The van der Waals surface area contributed by atoms with Gasteiger partial charge in [-0.1, -0.05) is 4.49 Å². The van der Waals surface area contributed by atoms with Crippen molar-refractivity contribution in [2.24, 2.45) is 0 Å². The first kappa shape index (κ1) is 11.5. The second-order valence-corrected chi connectivity index (χ2v) is 5.44. The van der Waals surface area contributed by atoms with Crippen molar-refractivity contribution in [3.8, 4) is 0 Å². The number of carbonyl (C=O) groups excluding carboxylic acids is 1. The molecule has 16 heavy (non-hydrogen) atoms. The summed E-state index contributed by atoms with van der Waals surface area (Å²) < 4.78 is 9.46. The van der Waals surface area contributed by atoms with Crippen LogP contribution in [0.15, 0.2) is 6.20 Å². The van der Waals surface area contributed by atoms with E-state index >= 15 is 0 Å². The maximum Gasteiger partial charge on any atom is 0.267 e. The first-order valence-electron chi connectivity index (χ1n) is 5.22. The zero-order valence-corrected chi connectivity index (χ0v) is 10.5. The van der Waals surface area contributed by atoms with E-state index in [9.17, 15) is 4.79 Å². The Morgan fingerprint density at radius 3 is 3.00 bits per heavy atom. The first-order valence-corrected chi connectivity index (χ1v) is 6.00. The van der Waals surface area contributed by atoms with Crippen molar-refractivity contribution in [2.75, 3.05) is 13.1 Å². The lowest BCUT2D eigenvalue weighted by atomic mass is 10.1. The van der Waals surface area contributed by atoms with E-state index in [1.165, 1.54) is 6.20 Å². The Balaban J connectivity index is 2.12. The summed E-state index contributed by atoms with van der Waals surface area (Å²) >= 11 is 1.13. The number of rotatable bonds is 1. The first-order chi connectivity index (χ1) is 7.48. The molecule has 1 aliphatic heterocycles. The Hall–Kier alpha value is -1.01. The summed E-state index contributed by atoms with van der Waals surface area (Å²) in [5.74, 6) is -0.00164. The van der Waals surface area contributed by atoms with Gasteiger partial charge in [-0.25, -0.2) is 0 Å². The van der Waals surface area contributed by atoms with Gasteiger partial charge in [0.2, 0.25) is 0 Å². The molecule has 0 aliphatic carbocycles. The number of aromatic nitrogens is 2. The van der Waals surface area contributed by atoms with E-state index in [1.54, 1.807) is 0 Å². The van der Waals surface area contributed by atoms with E-state index in [0.29, 0.717) is 18.0 Å². The molecule has 1 aromatic heterocycles. The number of hydrogen-bond acceptors (Lipinski definition) is 5. The summed E-state index contributed by atoms with van der Waals surface area (Å²) in [7, 11) is 0. The van der Waals surface area contributed by atoms with Gasteiger partial charge in [-0.15, -0.1) is 5.10 Å². The minimum atomic E-state index is -0.286. The van der Waals surface area contributed by atoms with E-state index in [2.05, 4.69) is 9.59 Å². The van der Waals surface area contributed by atoms with Gasteiger partial charge in [-0.2, -0.15) is 0 Å². The number of nitrogens with zero attached hydrogens (tertiary/aromatic N) is 3. The summed E-state index contributed by atoms with van der Waals surface area (Å²) in [6.07, 6.45) is 1.58. The van der Waals surface area contributed by atoms with Crippen molar-refractivity contribution in [1.82, 2.24) is 14.5 Å². The van der Waals surface area contributed by atoms with Crippen LogP contribution in [0.25, 0.3) is 0 Å². The van der Waals surface area contributed by atoms with Gasteiger partial charge in [0.05, 0.1) is 17.9 Å². The fourth-order valence-electron chi connectivity index (χ4n) is 2.03. The van der Waals surface area contributed by atoms with Gasteiger partial charge in [0.25, 0.3) is 5.91 Å². The van der Waals surface area contributed by atoms with Crippen LogP contribution in [0.3, 0.4) is 0 Å². The molecule has 0 radical (unpaired) electrons. The predicted octanol–water partition coefficient (Wildman–Crippen LogP) is 1.18. The number of amides is 1. The number of morpholine rings is 1. The second-order valence-electron chi connectivity index (χ2n) is 4.66. The van der Waals surface area contributed by atoms with Crippen molar-refractivity contribution >= 4 is 17.4 Å². The maximum atomic E-state index is 12.1. The average molecular weight is 241 g/mol. The third-order valence-electron chi connectivity index (χ3n) is 2.43. The van der Waals surface area contributed by atoms with Crippen LogP contribution in [0.1, 0.15) is 30.4 Å². The molecule has 5 nitrogen and oxygen atoms in total. The molecule has 88 valence electrons. The van der Waals surface area contributed by atoms with Crippen molar-refractivity contribution in [1.29, 1.82) is 0 Å². The van der Waals surface area contributed by atoms with E-state index in [1.807, 2.05) is 25.7 Å². The summed E-state index contributed by atoms with van der Waals surface area (Å²) in [5.41, 5.74) is -0.286. The van der Waals surface area contributed by atoms with Crippen LogP contribution in [0.5, 0.6) is 0 Å². The van der Waals surface area contributed by atoms with Crippen molar-refractivity contribution < 1.29 is 9.53 Å². The molecule has 1 amide bonds. The van der Waals surface area contributed by atoms with Crippen molar-refractivity contribution in [3.63, 3.8) is 0 Å². The zero-order chi connectivity index (χ0) is 11.8. The van der Waals surface area contributed by atoms with Crippen LogP contribution in [-0.2, 0) is 4.74 Å². The van der Waals surface area contributed by atoms with Gasteiger partial charge in [-0.3, -0.25) is 4.79 Å². The second kappa shape index (κ2) is 4.10. The Kier molecular flexibility index (Phi) is 2.94. The lowest BCUT2D eigenvalue weighted by Gasteiger charge is -2.41. The molecule has 1 saturated heterocycles. The number of ether oxygens (including phenoxy) is 1. The highest BCUT2D eigenvalue weighted by molar-refractivity contribution is 7.07. The van der Waals surface area contributed by atoms with Gasteiger partial charge in [0.1, 0.15) is 4.88 Å². The van der Waals surface area contributed by atoms with Gasteiger partial charge in [0.15, 0.2) is 0 Å². The van der Waals surface area contributed by atoms with Crippen molar-refractivity contribution in [3.05, 3.63) is 11.1 Å². The summed E-state index contributed by atoms with van der Waals surface area (Å²) in [4.78, 5) is 14.5. The van der Waals surface area contributed by atoms with Crippen LogP contribution in [0, 0.1) is 0 Å². The summed E-state index contributed by atoms with van der Waals surface area (Å²) in [5, 5.41) is 3.68. The maximum absolute atomic E-state index is 12.1. The van der Waals surface area contributed by atoms with E-state index < -0.39 is 0 Å². The Morgan fingerprint density at radius 1 is 1.69 bits per heavy atom. The molecule has 1 atom stereocenters. The molecule has 2 heterocycles. The molecule has 2 rings (SSSR count).